The molecular formula is C35H42Cl2F6N6O2. The quantitative estimate of drug-likeness (QED) is 0.199. The highest BCUT2D eigenvalue weighted by molar-refractivity contribution is 6.39. The van der Waals surface area contributed by atoms with Crippen LogP contribution in [0.2, 0.25) is 10.0 Å². The number of nitrogens with zero attached hydrogens (tertiary/aromatic N) is 3. The van der Waals surface area contributed by atoms with Gasteiger partial charge in [0.05, 0.1) is 49.9 Å². The molecule has 1 aliphatic carbocycles. The highest BCUT2D eigenvalue weighted by Gasteiger charge is 2.43. The number of amides is 2. The van der Waals surface area contributed by atoms with Gasteiger partial charge in [-0.1, -0.05) is 50.0 Å². The van der Waals surface area contributed by atoms with Crippen molar-refractivity contribution in [2.24, 2.45) is 30.2 Å². The van der Waals surface area contributed by atoms with E-state index in [1.807, 2.05) is 0 Å². The molecule has 1 saturated carbocycles. The molecule has 16 heteroatoms. The van der Waals surface area contributed by atoms with E-state index in [4.69, 9.17) is 23.2 Å². The van der Waals surface area contributed by atoms with E-state index in [0.717, 1.165) is 0 Å². The van der Waals surface area contributed by atoms with Crippen LogP contribution in [0.3, 0.4) is 0 Å². The van der Waals surface area contributed by atoms with Crippen LogP contribution in [0.25, 0.3) is 11.0 Å². The van der Waals surface area contributed by atoms with Crippen molar-refractivity contribution in [3.63, 3.8) is 0 Å². The van der Waals surface area contributed by atoms with Gasteiger partial charge in [-0.2, -0.15) is 26.3 Å². The van der Waals surface area contributed by atoms with Gasteiger partial charge in [0.2, 0.25) is 11.9 Å². The molecule has 1 aromatic heterocycles. The number of anilines is 3. The highest BCUT2D eigenvalue weighted by atomic mass is 35.5. The molecular weight excluding hydrogens is 721 g/mol. The third-order valence-corrected chi connectivity index (χ3v) is 10.6. The fraction of sp³-hybridized carbons (Fsp3) is 0.571. The first-order valence-corrected chi connectivity index (χ1v) is 17.7. The second kappa shape index (κ2) is 14.9. The van der Waals surface area contributed by atoms with E-state index >= 15 is 0 Å². The Labute approximate surface area is 302 Å². The first-order valence-electron chi connectivity index (χ1n) is 16.9. The summed E-state index contributed by atoms with van der Waals surface area (Å²) < 4.78 is 82.7. The highest BCUT2D eigenvalue weighted by Crippen LogP contribution is 2.41. The van der Waals surface area contributed by atoms with Crippen molar-refractivity contribution in [3.8, 4) is 0 Å². The Morgan fingerprint density at radius 1 is 0.922 bits per heavy atom. The molecule has 2 aromatic carbocycles. The van der Waals surface area contributed by atoms with Crippen LogP contribution in [0.15, 0.2) is 24.3 Å². The molecule has 3 N–H and O–H groups in total. The maximum absolute atomic E-state index is 13.8. The Morgan fingerprint density at radius 3 is 2.22 bits per heavy atom. The molecule has 51 heavy (non-hydrogen) atoms. The Balaban J connectivity index is 1.44. The number of aromatic nitrogens is 2. The fourth-order valence-electron chi connectivity index (χ4n) is 6.67. The molecule has 8 nitrogen and oxygen atoms in total. The van der Waals surface area contributed by atoms with Crippen LogP contribution in [0, 0.1) is 23.2 Å². The summed E-state index contributed by atoms with van der Waals surface area (Å²) in [5.74, 6) is -3.51. The number of aryl methyl sites for hydroxylation is 1. The van der Waals surface area contributed by atoms with Gasteiger partial charge in [-0.3, -0.25) is 9.59 Å². The topological polar surface area (TPSA) is 91.3 Å². The van der Waals surface area contributed by atoms with Crippen molar-refractivity contribution in [1.29, 1.82) is 0 Å². The molecule has 2 heterocycles. The van der Waals surface area contributed by atoms with Gasteiger partial charge in [0.1, 0.15) is 0 Å². The van der Waals surface area contributed by atoms with E-state index in [2.05, 4.69) is 20.9 Å². The summed E-state index contributed by atoms with van der Waals surface area (Å²) >= 11 is 13.3. The maximum atomic E-state index is 13.8. The monoisotopic (exact) mass is 762 g/mol. The second-order valence-electron chi connectivity index (χ2n) is 14.6. The zero-order valence-electron chi connectivity index (χ0n) is 28.8. The lowest BCUT2D eigenvalue weighted by Crippen LogP contribution is -2.42. The lowest BCUT2D eigenvalue weighted by Gasteiger charge is -2.36. The second-order valence-corrected chi connectivity index (χ2v) is 15.4. The molecule has 1 aliphatic heterocycles. The average Bonchev–Trinajstić information content (AvgIpc) is 3.37. The largest absolute Gasteiger partial charge is 0.393 e. The standard InChI is InChI=1S/C35H42Cl2F6N6O2/c1-33(2,3)31(51)45-17-20-9-12-24(36)29(28(20)37)47-32-46-25-14-23(30(50)44-16-19-7-10-21(11-8-19)34(38,39)40)26(15-27(25)48(32)4)49-13-5-6-22(18-49)35(41,42)43/h9,12,14-15,19,21-22H,5-8,10-11,13,16-18H2,1-4H3,(H,44,50)(H,45,51)(H,46,47). The normalized spacial score (nSPS) is 20.4. The molecule has 2 aliphatic rings. The van der Waals surface area contributed by atoms with Gasteiger partial charge in [-0.05, 0) is 68.2 Å². The molecule has 0 radical (unpaired) electrons. The molecule has 1 unspecified atom stereocenters. The van der Waals surface area contributed by atoms with E-state index in [1.54, 1.807) is 55.5 Å². The summed E-state index contributed by atoms with van der Waals surface area (Å²) in [6.07, 6.45) is -7.83. The SMILES string of the molecule is Cn1c(Nc2c(Cl)ccc(CNC(=O)C(C)(C)C)c2Cl)nc2cc(C(=O)NCC3CCC(C(F)(F)F)CC3)c(N3CCCC(C(F)(F)F)C3)cc21. The number of nitrogens with one attached hydrogen (secondary N) is 3. The molecule has 0 bridgehead atoms. The number of imidazole rings is 1. The number of fused-ring (bicyclic) bond motifs is 1. The molecule has 5 rings (SSSR count). The van der Waals surface area contributed by atoms with Crippen molar-refractivity contribution >= 4 is 63.4 Å². The van der Waals surface area contributed by atoms with Gasteiger partial charge in [0.15, 0.2) is 0 Å². The van der Waals surface area contributed by atoms with Crippen LogP contribution >= 0.6 is 23.2 Å². The average molecular weight is 764 g/mol. The summed E-state index contributed by atoms with van der Waals surface area (Å²) in [5, 5.41) is 9.36. The zero-order chi connectivity index (χ0) is 37.5. The van der Waals surface area contributed by atoms with Gasteiger partial charge >= 0.3 is 12.4 Å². The molecule has 2 fully saturated rings. The number of rotatable bonds is 8. The minimum atomic E-state index is -4.41. The van der Waals surface area contributed by atoms with Crippen molar-refractivity contribution < 1.29 is 35.9 Å². The first kappa shape index (κ1) is 38.8. The Kier molecular flexibility index (Phi) is 11.4. The lowest BCUT2D eigenvalue weighted by molar-refractivity contribution is -0.183. The minimum Gasteiger partial charge on any atom is -0.370 e. The number of hydrogen-bond acceptors (Lipinski definition) is 5. The number of hydrogen-bond donors (Lipinski definition) is 3. The van der Waals surface area contributed by atoms with Crippen LogP contribution in [0.1, 0.15) is 75.2 Å². The van der Waals surface area contributed by atoms with Gasteiger partial charge in [0.25, 0.3) is 5.91 Å². The van der Waals surface area contributed by atoms with E-state index in [1.165, 1.54) is 6.07 Å². The van der Waals surface area contributed by atoms with Gasteiger partial charge < -0.3 is 25.4 Å². The summed E-state index contributed by atoms with van der Waals surface area (Å²) in [6.45, 7) is 5.62. The van der Waals surface area contributed by atoms with Crippen molar-refractivity contribution in [1.82, 2.24) is 20.2 Å². The minimum absolute atomic E-state index is 0.0138. The molecule has 280 valence electrons. The summed E-state index contributed by atoms with van der Waals surface area (Å²) in [6, 6.07) is 6.47. The van der Waals surface area contributed by atoms with Crippen molar-refractivity contribution in [3.05, 3.63) is 45.4 Å². The maximum Gasteiger partial charge on any atom is 0.393 e. The number of carbonyl (C=O) groups is 2. The molecule has 1 saturated heterocycles. The van der Waals surface area contributed by atoms with Crippen molar-refractivity contribution in [2.45, 2.75) is 78.2 Å². The van der Waals surface area contributed by atoms with Gasteiger partial charge in [-0.25, -0.2) is 4.98 Å². The molecule has 3 aromatic rings. The Bertz CT molecular complexity index is 1760. The predicted molar refractivity (Wildman–Crippen MR) is 187 cm³/mol. The summed E-state index contributed by atoms with van der Waals surface area (Å²) in [4.78, 5) is 32.4. The van der Waals surface area contributed by atoms with Crippen molar-refractivity contribution in [2.75, 3.05) is 29.9 Å². The van der Waals surface area contributed by atoms with Crippen LogP contribution in [-0.2, 0) is 18.4 Å². The third-order valence-electron chi connectivity index (χ3n) is 9.86. The van der Waals surface area contributed by atoms with Gasteiger partial charge in [0, 0.05) is 38.6 Å². The first-order chi connectivity index (χ1) is 23.7. The summed E-state index contributed by atoms with van der Waals surface area (Å²) in [5.41, 5.74) is 1.61. The van der Waals surface area contributed by atoms with Crippen LogP contribution in [-0.4, -0.2) is 53.4 Å². The van der Waals surface area contributed by atoms with E-state index in [0.29, 0.717) is 47.4 Å². The Hall–Kier alpha value is -3.39. The fourth-order valence-corrected chi connectivity index (χ4v) is 7.20. The smallest absolute Gasteiger partial charge is 0.370 e. The van der Waals surface area contributed by atoms with E-state index in [9.17, 15) is 35.9 Å². The number of alkyl halides is 6. The van der Waals surface area contributed by atoms with Gasteiger partial charge in [-0.15, -0.1) is 0 Å². The van der Waals surface area contributed by atoms with Crippen LogP contribution < -0.4 is 20.9 Å². The third kappa shape index (κ3) is 8.98. The number of benzene rings is 2. The molecule has 1 atom stereocenters. The Morgan fingerprint density at radius 2 is 1.59 bits per heavy atom. The van der Waals surface area contributed by atoms with E-state index < -0.39 is 35.5 Å². The lowest BCUT2D eigenvalue weighted by atomic mass is 9.81. The number of carbonyl (C=O) groups excluding carboxylic acids is 2. The summed E-state index contributed by atoms with van der Waals surface area (Å²) in [7, 11) is 1.70. The number of piperidine rings is 1. The van der Waals surface area contributed by atoms with E-state index in [-0.39, 0.29) is 78.7 Å². The number of halogens is 8. The zero-order valence-corrected chi connectivity index (χ0v) is 30.3. The predicted octanol–water partition coefficient (Wildman–Crippen LogP) is 9.16. The van der Waals surface area contributed by atoms with Crippen LogP contribution in [0.4, 0.5) is 43.7 Å². The molecule has 0 spiro atoms. The van der Waals surface area contributed by atoms with Crippen LogP contribution in [0.5, 0.6) is 0 Å². The molecule has 2 amide bonds.